The van der Waals surface area contributed by atoms with Crippen molar-refractivity contribution in [3.63, 3.8) is 0 Å². The van der Waals surface area contributed by atoms with Crippen LogP contribution < -0.4 is 5.32 Å². The van der Waals surface area contributed by atoms with E-state index in [1.807, 2.05) is 11.4 Å². The van der Waals surface area contributed by atoms with Crippen LogP contribution in [0, 0.1) is 5.92 Å². The second-order valence-corrected chi connectivity index (χ2v) is 7.31. The molecule has 2 rings (SSSR count). The van der Waals surface area contributed by atoms with Crippen LogP contribution in [0.2, 0.25) is 0 Å². The number of nitrogens with one attached hydrogen (secondary N) is 1. The average Bonchev–Trinajstić information content (AvgIpc) is 2.72. The summed E-state index contributed by atoms with van der Waals surface area (Å²) in [5.74, 6) is 0.374. The van der Waals surface area contributed by atoms with E-state index in [-0.39, 0.29) is 17.9 Å². The molecule has 1 atom stereocenters. The highest BCUT2D eigenvalue weighted by Crippen LogP contribution is 2.25. The maximum absolute atomic E-state index is 12.6. The Kier molecular flexibility index (Phi) is 5.21. The third-order valence-corrected chi connectivity index (χ3v) is 5.20. The van der Waals surface area contributed by atoms with E-state index in [0.717, 1.165) is 9.35 Å². The molecule has 0 spiro atoms. The van der Waals surface area contributed by atoms with Crippen LogP contribution >= 0.6 is 27.3 Å². The Morgan fingerprint density at radius 2 is 2.25 bits per heavy atom. The van der Waals surface area contributed by atoms with Crippen LogP contribution in [0.1, 0.15) is 31.6 Å². The van der Waals surface area contributed by atoms with Gasteiger partial charge in [0.15, 0.2) is 0 Å². The first-order chi connectivity index (χ1) is 9.47. The number of thiophene rings is 1. The normalized spacial score (nSPS) is 20.2. The summed E-state index contributed by atoms with van der Waals surface area (Å²) in [6, 6.07) is 1.60. The van der Waals surface area contributed by atoms with E-state index in [9.17, 15) is 9.59 Å². The molecule has 1 aliphatic heterocycles. The van der Waals surface area contributed by atoms with Crippen LogP contribution in [0.3, 0.4) is 0 Å². The number of carbonyl (C=O) groups is 2. The summed E-state index contributed by atoms with van der Waals surface area (Å²) in [6.45, 7) is 5.18. The first-order valence-corrected chi connectivity index (χ1v) is 8.44. The Morgan fingerprint density at radius 1 is 1.50 bits per heavy atom. The lowest BCUT2D eigenvalue weighted by atomic mass is 10.0. The van der Waals surface area contributed by atoms with E-state index >= 15 is 0 Å². The number of hydrogen-bond donors (Lipinski definition) is 1. The number of hydrogen-bond acceptors (Lipinski definition) is 3. The zero-order valence-corrected chi connectivity index (χ0v) is 14.1. The smallest absolute Gasteiger partial charge is 0.245 e. The van der Waals surface area contributed by atoms with Gasteiger partial charge in [0.1, 0.15) is 6.04 Å². The van der Waals surface area contributed by atoms with Gasteiger partial charge in [-0.3, -0.25) is 9.59 Å². The maximum Gasteiger partial charge on any atom is 0.245 e. The first-order valence-electron chi connectivity index (χ1n) is 6.77. The minimum absolute atomic E-state index is 0.0308. The second kappa shape index (κ2) is 6.72. The van der Waals surface area contributed by atoms with Gasteiger partial charge in [0, 0.05) is 22.3 Å². The van der Waals surface area contributed by atoms with E-state index in [2.05, 4.69) is 35.1 Å². The highest BCUT2D eigenvalue weighted by molar-refractivity contribution is 9.10. The standard InChI is InChI=1S/C14H19BrN2O2S/c1-9(2)7-11-14(19)17(5-3-13(18)16-11)8-12-10(15)4-6-20-12/h4,6,9,11H,3,5,7-8H2,1-2H3,(H,16,18). The molecule has 1 fully saturated rings. The molecular weight excluding hydrogens is 340 g/mol. The van der Waals surface area contributed by atoms with Crippen molar-refractivity contribution in [3.05, 3.63) is 20.8 Å². The Labute approximate surface area is 131 Å². The average molecular weight is 359 g/mol. The Balaban J connectivity index is 2.13. The summed E-state index contributed by atoms with van der Waals surface area (Å²) < 4.78 is 1.03. The van der Waals surface area contributed by atoms with Crippen molar-refractivity contribution in [3.8, 4) is 0 Å². The molecule has 1 aliphatic rings. The van der Waals surface area contributed by atoms with Gasteiger partial charge in [0.2, 0.25) is 11.8 Å². The number of amides is 2. The molecule has 110 valence electrons. The van der Waals surface area contributed by atoms with Crippen LogP contribution in [-0.4, -0.2) is 29.3 Å². The Morgan fingerprint density at radius 3 is 2.85 bits per heavy atom. The van der Waals surface area contributed by atoms with Crippen LogP contribution in [0.25, 0.3) is 0 Å². The van der Waals surface area contributed by atoms with Crippen molar-refractivity contribution < 1.29 is 9.59 Å². The maximum atomic E-state index is 12.6. The molecule has 2 amide bonds. The summed E-state index contributed by atoms with van der Waals surface area (Å²) in [4.78, 5) is 27.2. The summed E-state index contributed by atoms with van der Waals surface area (Å²) in [7, 11) is 0. The minimum Gasteiger partial charge on any atom is -0.344 e. The van der Waals surface area contributed by atoms with Crippen molar-refractivity contribution in [1.29, 1.82) is 0 Å². The Bertz CT molecular complexity index is 501. The summed E-state index contributed by atoms with van der Waals surface area (Å²) in [6.07, 6.45) is 1.07. The molecule has 20 heavy (non-hydrogen) atoms. The molecule has 6 heteroatoms. The van der Waals surface area contributed by atoms with Gasteiger partial charge in [-0.1, -0.05) is 13.8 Å². The SMILES string of the molecule is CC(C)CC1NC(=O)CCN(Cc2sccc2Br)C1=O. The summed E-state index contributed by atoms with van der Waals surface area (Å²) in [5.41, 5.74) is 0. The zero-order chi connectivity index (χ0) is 14.7. The Hall–Kier alpha value is -0.880. The van der Waals surface area contributed by atoms with Crippen LogP contribution in [0.5, 0.6) is 0 Å². The van der Waals surface area contributed by atoms with E-state index in [1.165, 1.54) is 0 Å². The summed E-state index contributed by atoms with van der Waals surface area (Å²) >= 11 is 5.11. The van der Waals surface area contributed by atoms with Gasteiger partial charge in [0.25, 0.3) is 0 Å². The van der Waals surface area contributed by atoms with Crippen molar-refractivity contribution in [1.82, 2.24) is 10.2 Å². The molecule has 4 nitrogen and oxygen atoms in total. The molecule has 1 unspecified atom stereocenters. The fraction of sp³-hybridized carbons (Fsp3) is 0.571. The lowest BCUT2D eigenvalue weighted by Gasteiger charge is -2.24. The fourth-order valence-corrected chi connectivity index (χ4v) is 3.79. The van der Waals surface area contributed by atoms with Crippen molar-refractivity contribution in [2.24, 2.45) is 5.92 Å². The van der Waals surface area contributed by atoms with Gasteiger partial charge < -0.3 is 10.2 Å². The van der Waals surface area contributed by atoms with Crippen LogP contribution in [0.4, 0.5) is 0 Å². The number of carbonyl (C=O) groups excluding carboxylic acids is 2. The van der Waals surface area contributed by atoms with E-state index in [4.69, 9.17) is 0 Å². The van der Waals surface area contributed by atoms with E-state index in [1.54, 1.807) is 16.2 Å². The second-order valence-electron chi connectivity index (χ2n) is 5.45. The largest absolute Gasteiger partial charge is 0.344 e. The molecule has 1 aromatic heterocycles. The predicted molar refractivity (Wildman–Crippen MR) is 83.4 cm³/mol. The highest BCUT2D eigenvalue weighted by atomic mass is 79.9. The monoisotopic (exact) mass is 358 g/mol. The third kappa shape index (κ3) is 3.82. The van der Waals surface area contributed by atoms with Gasteiger partial charge in [-0.15, -0.1) is 11.3 Å². The van der Waals surface area contributed by atoms with Crippen molar-refractivity contribution in [2.75, 3.05) is 6.54 Å². The first kappa shape index (κ1) is 15.5. The molecular formula is C14H19BrN2O2S. The van der Waals surface area contributed by atoms with Gasteiger partial charge in [-0.2, -0.15) is 0 Å². The molecule has 0 aromatic carbocycles. The molecule has 1 N–H and O–H groups in total. The van der Waals surface area contributed by atoms with Crippen LogP contribution in [-0.2, 0) is 16.1 Å². The van der Waals surface area contributed by atoms with Crippen LogP contribution in [0.15, 0.2) is 15.9 Å². The quantitative estimate of drug-likeness (QED) is 0.899. The molecule has 0 bridgehead atoms. The molecule has 0 aliphatic carbocycles. The van der Waals surface area contributed by atoms with Gasteiger partial charge >= 0.3 is 0 Å². The van der Waals surface area contributed by atoms with Crippen molar-refractivity contribution >= 4 is 39.1 Å². The van der Waals surface area contributed by atoms with Gasteiger partial charge in [-0.25, -0.2) is 0 Å². The zero-order valence-electron chi connectivity index (χ0n) is 11.7. The lowest BCUT2D eigenvalue weighted by Crippen LogP contribution is -2.45. The lowest BCUT2D eigenvalue weighted by molar-refractivity contribution is -0.134. The number of rotatable bonds is 4. The molecule has 1 aromatic rings. The van der Waals surface area contributed by atoms with Gasteiger partial charge in [-0.05, 0) is 39.7 Å². The molecule has 1 saturated heterocycles. The van der Waals surface area contributed by atoms with E-state index in [0.29, 0.717) is 31.8 Å². The number of halogens is 1. The molecule has 0 radical (unpaired) electrons. The minimum atomic E-state index is -0.385. The third-order valence-electron chi connectivity index (χ3n) is 3.29. The number of nitrogens with zero attached hydrogens (tertiary/aromatic N) is 1. The fourth-order valence-electron chi connectivity index (χ4n) is 2.29. The van der Waals surface area contributed by atoms with E-state index < -0.39 is 0 Å². The molecule has 2 heterocycles. The molecule has 0 saturated carbocycles. The topological polar surface area (TPSA) is 49.4 Å². The summed E-state index contributed by atoms with van der Waals surface area (Å²) in [5, 5.41) is 4.84. The van der Waals surface area contributed by atoms with Gasteiger partial charge in [0.05, 0.1) is 6.54 Å². The van der Waals surface area contributed by atoms with Crippen molar-refractivity contribution in [2.45, 2.75) is 39.3 Å². The predicted octanol–water partition coefficient (Wildman–Crippen LogP) is 2.77. The highest BCUT2D eigenvalue weighted by Gasteiger charge is 2.30.